The number of amides is 2. The van der Waals surface area contributed by atoms with Crippen molar-refractivity contribution in [1.29, 1.82) is 0 Å². The maximum absolute atomic E-state index is 12.9. The number of pyridine rings is 1. The monoisotopic (exact) mass is 424 g/mol. The average Bonchev–Trinajstić information content (AvgIpc) is 3.58. The van der Waals surface area contributed by atoms with E-state index in [1.807, 2.05) is 12.1 Å². The maximum Gasteiger partial charge on any atom is 0.260 e. The van der Waals surface area contributed by atoms with Gasteiger partial charge in [0.05, 0.1) is 18.8 Å². The molecule has 8 heteroatoms. The average molecular weight is 425 g/mol. The van der Waals surface area contributed by atoms with Gasteiger partial charge in [-0.15, -0.1) is 0 Å². The molecule has 2 aromatic rings. The Morgan fingerprint density at radius 3 is 2.68 bits per heavy atom. The molecule has 31 heavy (non-hydrogen) atoms. The molecule has 164 valence electrons. The van der Waals surface area contributed by atoms with E-state index in [-0.39, 0.29) is 23.1 Å². The number of ether oxygens (including phenoxy) is 1. The number of hydrogen-bond acceptors (Lipinski definition) is 5. The van der Waals surface area contributed by atoms with Crippen LogP contribution in [0.25, 0.3) is 0 Å². The molecule has 2 amide bonds. The van der Waals surface area contributed by atoms with Gasteiger partial charge in [-0.1, -0.05) is 24.3 Å². The van der Waals surface area contributed by atoms with Gasteiger partial charge in [-0.25, -0.2) is 0 Å². The van der Waals surface area contributed by atoms with Crippen molar-refractivity contribution in [2.24, 2.45) is 0 Å². The number of nitrogens with one attached hydrogen (secondary N) is 2. The van der Waals surface area contributed by atoms with E-state index in [2.05, 4.69) is 27.3 Å². The third-order valence-corrected chi connectivity index (χ3v) is 5.58. The molecule has 1 aromatic carbocycles. The molecule has 1 aliphatic heterocycles. The van der Waals surface area contributed by atoms with Gasteiger partial charge in [0.15, 0.2) is 0 Å². The first-order valence-electron chi connectivity index (χ1n) is 10.7. The van der Waals surface area contributed by atoms with Crippen molar-refractivity contribution in [2.75, 3.05) is 33.4 Å². The lowest BCUT2D eigenvalue weighted by atomic mass is 10.1. The van der Waals surface area contributed by atoms with Crippen LogP contribution in [0.4, 0.5) is 0 Å². The van der Waals surface area contributed by atoms with Crippen LogP contribution in [0, 0.1) is 0 Å². The molecule has 1 saturated heterocycles. The van der Waals surface area contributed by atoms with Crippen molar-refractivity contribution in [2.45, 2.75) is 32.0 Å². The molecule has 1 aromatic heterocycles. The van der Waals surface area contributed by atoms with Gasteiger partial charge in [-0.3, -0.25) is 19.3 Å². The number of benzene rings is 1. The van der Waals surface area contributed by atoms with Crippen LogP contribution < -0.4 is 10.9 Å². The van der Waals surface area contributed by atoms with Crippen LogP contribution >= 0.6 is 0 Å². The zero-order valence-electron chi connectivity index (χ0n) is 17.7. The van der Waals surface area contributed by atoms with E-state index in [1.165, 1.54) is 22.7 Å². The smallest absolute Gasteiger partial charge is 0.260 e. The Hall–Kier alpha value is -2.97. The molecule has 1 saturated carbocycles. The Morgan fingerprint density at radius 2 is 1.94 bits per heavy atom. The fraction of sp³-hybridized carbons (Fsp3) is 0.435. The van der Waals surface area contributed by atoms with Gasteiger partial charge in [0.1, 0.15) is 5.56 Å². The van der Waals surface area contributed by atoms with E-state index in [4.69, 9.17) is 4.74 Å². The zero-order valence-corrected chi connectivity index (χ0v) is 17.7. The van der Waals surface area contributed by atoms with Crippen LogP contribution in [0.2, 0.25) is 0 Å². The Bertz CT molecular complexity index is 1010. The number of H-pyrrole nitrogens is 1. The van der Waals surface area contributed by atoms with Gasteiger partial charge in [0.2, 0.25) is 0 Å². The summed E-state index contributed by atoms with van der Waals surface area (Å²) in [5.41, 5.74) is 1.92. The third-order valence-electron chi connectivity index (χ3n) is 5.58. The minimum absolute atomic E-state index is 0.0320. The van der Waals surface area contributed by atoms with E-state index in [1.54, 1.807) is 7.05 Å². The third kappa shape index (κ3) is 5.59. The van der Waals surface area contributed by atoms with Gasteiger partial charge >= 0.3 is 0 Å². The molecule has 4 rings (SSSR count). The van der Waals surface area contributed by atoms with Crippen LogP contribution in [0.15, 0.2) is 41.3 Å². The van der Waals surface area contributed by atoms with Crippen LogP contribution in [0.3, 0.4) is 0 Å². The van der Waals surface area contributed by atoms with Gasteiger partial charge in [0, 0.05) is 45.5 Å². The SMILES string of the molecule is CN(Cc1cccc(CN2CCOCC2)c1)C(=O)c1cc(C(=O)NC2CC2)c[nH]c1=O. The van der Waals surface area contributed by atoms with Crippen molar-refractivity contribution < 1.29 is 14.3 Å². The molecule has 8 nitrogen and oxygen atoms in total. The fourth-order valence-electron chi connectivity index (χ4n) is 3.67. The summed E-state index contributed by atoms with van der Waals surface area (Å²) in [6.45, 7) is 4.54. The van der Waals surface area contributed by atoms with Crippen molar-refractivity contribution in [1.82, 2.24) is 20.1 Å². The summed E-state index contributed by atoms with van der Waals surface area (Å²) in [5.74, 6) is -0.688. The molecule has 0 spiro atoms. The molecule has 2 aliphatic rings. The van der Waals surface area contributed by atoms with Crippen molar-refractivity contribution in [3.63, 3.8) is 0 Å². The molecule has 0 atom stereocenters. The number of carbonyl (C=O) groups is 2. The number of nitrogens with zero attached hydrogens (tertiary/aromatic N) is 2. The number of aromatic nitrogens is 1. The second-order valence-corrected chi connectivity index (χ2v) is 8.25. The second-order valence-electron chi connectivity index (χ2n) is 8.25. The Balaban J connectivity index is 1.43. The Labute approximate surface area is 181 Å². The quantitative estimate of drug-likeness (QED) is 0.700. The summed E-state index contributed by atoms with van der Waals surface area (Å²) >= 11 is 0. The lowest BCUT2D eigenvalue weighted by Crippen LogP contribution is -2.35. The first kappa shape index (κ1) is 21.3. The number of hydrogen-bond donors (Lipinski definition) is 2. The van der Waals surface area contributed by atoms with Crippen molar-refractivity contribution in [3.8, 4) is 0 Å². The predicted molar refractivity (Wildman–Crippen MR) is 116 cm³/mol. The van der Waals surface area contributed by atoms with Crippen LogP contribution in [0.5, 0.6) is 0 Å². The van der Waals surface area contributed by atoms with Gasteiger partial charge < -0.3 is 19.9 Å². The number of aromatic amines is 1. The molecular weight excluding hydrogens is 396 g/mol. The van der Waals surface area contributed by atoms with Crippen LogP contribution in [0.1, 0.15) is 44.7 Å². The zero-order chi connectivity index (χ0) is 21.8. The van der Waals surface area contributed by atoms with E-state index in [9.17, 15) is 14.4 Å². The molecule has 2 heterocycles. The van der Waals surface area contributed by atoms with Crippen molar-refractivity contribution >= 4 is 11.8 Å². The topological polar surface area (TPSA) is 94.7 Å². The summed E-state index contributed by atoms with van der Waals surface area (Å²) in [5, 5.41) is 2.87. The van der Waals surface area contributed by atoms with E-state index < -0.39 is 11.5 Å². The van der Waals surface area contributed by atoms with E-state index in [0.29, 0.717) is 6.54 Å². The first-order valence-corrected chi connectivity index (χ1v) is 10.7. The first-order chi connectivity index (χ1) is 15.0. The highest BCUT2D eigenvalue weighted by molar-refractivity contribution is 5.99. The standard InChI is InChI=1S/C23H28N4O4/c1-26(14-16-3-2-4-17(11-16)15-27-7-9-31-10-8-27)23(30)20-12-18(13-24-22(20)29)21(28)25-19-5-6-19/h2-4,11-13,19H,5-10,14-15H2,1H3,(H,24,29)(H,25,28). The lowest BCUT2D eigenvalue weighted by Gasteiger charge is -2.26. The summed E-state index contributed by atoms with van der Waals surface area (Å²) < 4.78 is 5.40. The van der Waals surface area contributed by atoms with Crippen LogP contribution in [-0.2, 0) is 17.8 Å². The van der Waals surface area contributed by atoms with Crippen LogP contribution in [-0.4, -0.2) is 66.0 Å². The number of rotatable bonds is 7. The summed E-state index contributed by atoms with van der Waals surface area (Å²) in [6, 6.07) is 9.70. The fourth-order valence-corrected chi connectivity index (χ4v) is 3.67. The minimum atomic E-state index is -0.499. The lowest BCUT2D eigenvalue weighted by molar-refractivity contribution is 0.0342. The normalized spacial score (nSPS) is 16.7. The van der Waals surface area contributed by atoms with E-state index >= 15 is 0 Å². The molecule has 0 bridgehead atoms. The summed E-state index contributed by atoms with van der Waals surface area (Å²) in [7, 11) is 1.66. The van der Waals surface area contributed by atoms with Crippen molar-refractivity contribution in [3.05, 3.63) is 69.1 Å². The second kappa shape index (κ2) is 9.45. The van der Waals surface area contributed by atoms with Gasteiger partial charge in [-0.05, 0) is 30.0 Å². The highest BCUT2D eigenvalue weighted by atomic mass is 16.5. The van der Waals surface area contributed by atoms with Gasteiger partial charge in [-0.2, -0.15) is 0 Å². The number of carbonyl (C=O) groups excluding carboxylic acids is 2. The Kier molecular flexibility index (Phi) is 6.48. The van der Waals surface area contributed by atoms with Gasteiger partial charge in [0.25, 0.3) is 17.4 Å². The molecular formula is C23H28N4O4. The van der Waals surface area contributed by atoms with E-state index in [0.717, 1.165) is 51.3 Å². The summed E-state index contributed by atoms with van der Waals surface area (Å²) in [4.78, 5) is 43.8. The summed E-state index contributed by atoms with van der Waals surface area (Å²) in [6.07, 6.45) is 3.29. The predicted octanol–water partition coefficient (Wildman–Crippen LogP) is 1.37. The molecule has 0 unspecified atom stereocenters. The number of morpholine rings is 1. The molecule has 0 radical (unpaired) electrons. The molecule has 2 fully saturated rings. The largest absolute Gasteiger partial charge is 0.379 e. The highest BCUT2D eigenvalue weighted by Crippen LogP contribution is 2.19. The minimum Gasteiger partial charge on any atom is -0.379 e. The molecule has 1 aliphatic carbocycles. The maximum atomic E-state index is 12.9. The highest BCUT2D eigenvalue weighted by Gasteiger charge is 2.25. The Morgan fingerprint density at radius 1 is 1.19 bits per heavy atom. The molecule has 2 N–H and O–H groups in total.